The molecule has 0 spiro atoms. The van der Waals surface area contributed by atoms with E-state index in [9.17, 15) is 0 Å². The first-order chi connectivity index (χ1) is 6.93. The average molecular weight is 215 g/mol. The molecule has 2 aromatic carbocycles. The number of fused-ring (bicyclic) bond motifs is 2. The smallest absolute Gasteiger partial charge is 0.0341 e. The Hall–Kier alpha value is -0.860. The van der Waals surface area contributed by atoms with E-state index in [2.05, 4.69) is 36.4 Å². The van der Waals surface area contributed by atoms with Crippen LogP contribution in [0.5, 0.6) is 0 Å². The summed E-state index contributed by atoms with van der Waals surface area (Å²) in [6, 6.07) is 17.9. The predicted octanol–water partition coefficient (Wildman–Crippen LogP) is 4.10. The largest absolute Gasteiger partial charge is 0.0877 e. The van der Waals surface area contributed by atoms with Crippen molar-refractivity contribution < 1.29 is 0 Å². The molecule has 1 heterocycles. The van der Waals surface area contributed by atoms with E-state index in [1.54, 1.807) is 11.8 Å². The van der Waals surface area contributed by atoms with E-state index in [1.807, 2.05) is 23.9 Å². The maximum Gasteiger partial charge on any atom is 0.0341 e. The summed E-state index contributed by atoms with van der Waals surface area (Å²) < 4.78 is 0. The lowest BCUT2D eigenvalue weighted by Crippen LogP contribution is -1.87. The van der Waals surface area contributed by atoms with E-state index in [0.717, 1.165) is 0 Å². The molecule has 0 atom stereocenters. The maximum atomic E-state index is 3.27. The zero-order valence-electron chi connectivity index (χ0n) is 7.36. The molecule has 0 aliphatic carbocycles. The summed E-state index contributed by atoms with van der Waals surface area (Å²) in [5.41, 5.74) is 0. The summed E-state index contributed by atoms with van der Waals surface area (Å²) in [5, 5.41) is 0. The fraction of sp³-hybridized carbons (Fsp3) is 0. The highest BCUT2D eigenvalue weighted by atomic mass is 32.2. The topological polar surface area (TPSA) is 0 Å². The Bertz CT molecular complexity index is 390. The SMILES string of the molecule is [c]1cccc2c1Sc1ccccc1S2. The second-order valence-electron chi connectivity index (χ2n) is 3.01. The van der Waals surface area contributed by atoms with Crippen LogP contribution in [-0.2, 0) is 0 Å². The Morgan fingerprint density at radius 2 is 1.50 bits per heavy atom. The summed E-state index contributed by atoms with van der Waals surface area (Å²) in [5.74, 6) is 0. The van der Waals surface area contributed by atoms with Crippen LogP contribution in [0.3, 0.4) is 0 Å². The molecule has 0 saturated carbocycles. The molecule has 67 valence electrons. The first kappa shape index (κ1) is 8.45. The fourth-order valence-electron chi connectivity index (χ4n) is 1.41. The predicted molar refractivity (Wildman–Crippen MR) is 60.0 cm³/mol. The number of rotatable bonds is 0. The van der Waals surface area contributed by atoms with Gasteiger partial charge in [0.1, 0.15) is 0 Å². The van der Waals surface area contributed by atoms with Gasteiger partial charge in [0.15, 0.2) is 0 Å². The Balaban J connectivity index is 2.12. The number of hydrogen-bond donors (Lipinski definition) is 0. The van der Waals surface area contributed by atoms with Crippen molar-refractivity contribution in [2.45, 2.75) is 19.6 Å². The van der Waals surface area contributed by atoms with Gasteiger partial charge in [0.2, 0.25) is 0 Å². The minimum absolute atomic E-state index is 1.25. The van der Waals surface area contributed by atoms with E-state index in [-0.39, 0.29) is 0 Å². The highest BCUT2D eigenvalue weighted by molar-refractivity contribution is 8.05. The molecule has 1 aliphatic rings. The van der Waals surface area contributed by atoms with Crippen molar-refractivity contribution >= 4 is 23.5 Å². The first-order valence-corrected chi connectivity index (χ1v) is 6.02. The lowest BCUT2D eigenvalue weighted by Gasteiger charge is -2.16. The normalized spacial score (nSPS) is 13.1. The van der Waals surface area contributed by atoms with Crippen LogP contribution in [0.4, 0.5) is 0 Å². The molecule has 0 unspecified atom stereocenters. The minimum atomic E-state index is 1.25. The maximum absolute atomic E-state index is 3.27. The third-order valence-corrected chi connectivity index (χ3v) is 4.58. The van der Waals surface area contributed by atoms with Gasteiger partial charge < -0.3 is 0 Å². The Morgan fingerprint density at radius 1 is 0.786 bits per heavy atom. The Labute approximate surface area is 91.7 Å². The van der Waals surface area contributed by atoms with Gasteiger partial charge in [-0.05, 0) is 24.3 Å². The molecule has 2 heteroatoms. The molecule has 0 amide bonds. The van der Waals surface area contributed by atoms with Gasteiger partial charge in [-0.15, -0.1) is 0 Å². The lowest BCUT2D eigenvalue weighted by molar-refractivity contribution is 1.15. The molecule has 0 fully saturated rings. The van der Waals surface area contributed by atoms with Crippen LogP contribution in [0, 0.1) is 6.07 Å². The van der Waals surface area contributed by atoms with Crippen LogP contribution in [0.1, 0.15) is 0 Å². The second-order valence-corrected chi connectivity index (χ2v) is 5.15. The molecule has 0 aromatic heterocycles. The van der Waals surface area contributed by atoms with Crippen LogP contribution in [0.2, 0.25) is 0 Å². The van der Waals surface area contributed by atoms with Crippen molar-refractivity contribution in [3.63, 3.8) is 0 Å². The molecule has 1 aliphatic heterocycles. The van der Waals surface area contributed by atoms with Crippen LogP contribution >= 0.6 is 23.5 Å². The van der Waals surface area contributed by atoms with Crippen molar-refractivity contribution in [3.8, 4) is 0 Å². The first-order valence-electron chi connectivity index (χ1n) is 4.39. The van der Waals surface area contributed by atoms with Gasteiger partial charge in [0.05, 0.1) is 0 Å². The third kappa shape index (κ3) is 1.35. The van der Waals surface area contributed by atoms with Crippen LogP contribution in [0.15, 0.2) is 62.0 Å². The van der Waals surface area contributed by atoms with Gasteiger partial charge in [0.25, 0.3) is 0 Å². The van der Waals surface area contributed by atoms with Gasteiger partial charge in [-0.25, -0.2) is 0 Å². The zero-order chi connectivity index (χ0) is 9.38. The Kier molecular flexibility index (Phi) is 2.03. The van der Waals surface area contributed by atoms with Gasteiger partial charge in [-0.2, -0.15) is 0 Å². The Morgan fingerprint density at radius 3 is 2.36 bits per heavy atom. The summed E-state index contributed by atoms with van der Waals surface area (Å²) in [6.45, 7) is 0. The van der Waals surface area contributed by atoms with E-state index < -0.39 is 0 Å². The molecule has 0 nitrogen and oxygen atoms in total. The van der Waals surface area contributed by atoms with Crippen LogP contribution in [-0.4, -0.2) is 0 Å². The van der Waals surface area contributed by atoms with Crippen molar-refractivity contribution in [2.75, 3.05) is 0 Å². The number of hydrogen-bond acceptors (Lipinski definition) is 2. The molecular weight excluding hydrogens is 208 g/mol. The van der Waals surface area contributed by atoms with Crippen molar-refractivity contribution in [1.82, 2.24) is 0 Å². The molecule has 0 N–H and O–H groups in total. The van der Waals surface area contributed by atoms with Gasteiger partial charge in [-0.3, -0.25) is 0 Å². The van der Waals surface area contributed by atoms with Crippen molar-refractivity contribution in [2.24, 2.45) is 0 Å². The molecular formula is C12H7S2. The van der Waals surface area contributed by atoms with E-state index in [0.29, 0.717) is 0 Å². The summed E-state index contributed by atoms with van der Waals surface area (Å²) in [6.07, 6.45) is 0. The van der Waals surface area contributed by atoms with Crippen molar-refractivity contribution in [3.05, 3.63) is 48.5 Å². The number of benzene rings is 2. The molecule has 0 saturated heterocycles. The molecule has 14 heavy (non-hydrogen) atoms. The van der Waals surface area contributed by atoms with E-state index >= 15 is 0 Å². The third-order valence-electron chi connectivity index (χ3n) is 2.06. The van der Waals surface area contributed by atoms with Crippen LogP contribution < -0.4 is 0 Å². The summed E-state index contributed by atoms with van der Waals surface area (Å²) >= 11 is 3.64. The standard InChI is InChI=1S/C12H7S2/c1-2-6-10-9(5-1)13-11-7-3-4-8-12(11)14-10/h1-7H. The molecule has 2 aromatic rings. The highest BCUT2D eigenvalue weighted by Crippen LogP contribution is 2.47. The minimum Gasteiger partial charge on any atom is -0.0877 e. The fourth-order valence-corrected chi connectivity index (χ4v) is 3.59. The zero-order valence-corrected chi connectivity index (χ0v) is 8.99. The quantitative estimate of drug-likeness (QED) is 0.553. The van der Waals surface area contributed by atoms with E-state index in [1.165, 1.54) is 19.6 Å². The molecule has 1 radical (unpaired) electrons. The summed E-state index contributed by atoms with van der Waals surface area (Å²) in [7, 11) is 0. The van der Waals surface area contributed by atoms with Gasteiger partial charge >= 0.3 is 0 Å². The highest BCUT2D eigenvalue weighted by Gasteiger charge is 2.15. The van der Waals surface area contributed by atoms with E-state index in [4.69, 9.17) is 0 Å². The van der Waals surface area contributed by atoms with Gasteiger partial charge in [0, 0.05) is 19.6 Å². The van der Waals surface area contributed by atoms with Crippen LogP contribution in [0.25, 0.3) is 0 Å². The van der Waals surface area contributed by atoms with Gasteiger partial charge in [-0.1, -0.05) is 47.8 Å². The second kappa shape index (κ2) is 3.37. The molecule has 0 bridgehead atoms. The average Bonchev–Trinajstić information content (AvgIpc) is 2.26. The lowest BCUT2D eigenvalue weighted by atomic mass is 10.3. The van der Waals surface area contributed by atoms with Crippen molar-refractivity contribution in [1.29, 1.82) is 0 Å². The molecule has 3 rings (SSSR count). The monoisotopic (exact) mass is 215 g/mol. The summed E-state index contributed by atoms with van der Waals surface area (Å²) in [4.78, 5) is 5.25.